The van der Waals surface area contributed by atoms with Crippen LogP contribution >= 0.6 is 0 Å². The van der Waals surface area contributed by atoms with Crippen LogP contribution in [-0.2, 0) is 22.5 Å². The van der Waals surface area contributed by atoms with E-state index in [2.05, 4.69) is 6.58 Å². The van der Waals surface area contributed by atoms with Crippen molar-refractivity contribution in [2.75, 3.05) is 20.8 Å². The van der Waals surface area contributed by atoms with Gasteiger partial charge in [-0.15, -0.1) is 0 Å². The zero-order valence-corrected chi connectivity index (χ0v) is 15.9. The molecule has 0 aliphatic heterocycles. The Hall–Kier alpha value is -3.19. The van der Waals surface area contributed by atoms with Gasteiger partial charge in [0.1, 0.15) is 17.9 Å². The molecule has 0 heterocycles. The largest absolute Gasteiger partial charge is 0.501 e. The van der Waals surface area contributed by atoms with Gasteiger partial charge in [-0.2, -0.15) is 0 Å². The summed E-state index contributed by atoms with van der Waals surface area (Å²) in [6.07, 6.45) is 0.920. The third-order valence-corrected chi connectivity index (χ3v) is 4.09. The van der Waals surface area contributed by atoms with Crippen LogP contribution in [0, 0.1) is 5.82 Å². The van der Waals surface area contributed by atoms with Crippen molar-refractivity contribution in [3.63, 3.8) is 0 Å². The molecule has 0 aromatic heterocycles. The number of rotatable bonds is 9. The van der Waals surface area contributed by atoms with Crippen molar-refractivity contribution in [1.82, 2.24) is 4.90 Å². The van der Waals surface area contributed by atoms with Crippen molar-refractivity contribution >= 4 is 12.2 Å². The summed E-state index contributed by atoms with van der Waals surface area (Å²) in [5, 5.41) is 0. The van der Waals surface area contributed by atoms with Gasteiger partial charge < -0.3 is 24.6 Å². The Labute approximate surface area is 163 Å². The molecule has 2 rings (SSSR count). The van der Waals surface area contributed by atoms with E-state index in [-0.39, 0.29) is 30.5 Å². The normalized spacial score (nSPS) is 9.82. The van der Waals surface area contributed by atoms with Gasteiger partial charge in [0.2, 0.25) is 0 Å². The standard InChI is InChI=1S/C21H22FNO4.H2O/c1-15(26-2)12-17-6-7-18(22)13-20(17)21(25)23(10-11-24)14-16-4-8-19(27-3)9-5-16;/h4-9,11,13H,1,10,12,14H2,2-3H3;1H2. The first-order valence-electron chi connectivity index (χ1n) is 8.34. The number of nitrogens with zero attached hydrogens (tertiary/aromatic N) is 1. The minimum absolute atomic E-state index is 0. The van der Waals surface area contributed by atoms with Crippen LogP contribution in [0.2, 0.25) is 0 Å². The summed E-state index contributed by atoms with van der Waals surface area (Å²) in [6.45, 7) is 3.85. The lowest BCUT2D eigenvalue weighted by molar-refractivity contribution is -0.108. The van der Waals surface area contributed by atoms with Crippen molar-refractivity contribution in [2.45, 2.75) is 13.0 Å². The van der Waals surface area contributed by atoms with Crippen LogP contribution in [0.25, 0.3) is 0 Å². The molecular weight excluding hydrogens is 365 g/mol. The maximum atomic E-state index is 13.8. The van der Waals surface area contributed by atoms with E-state index in [9.17, 15) is 14.0 Å². The molecule has 1 amide bonds. The number of carbonyl (C=O) groups excluding carboxylic acids is 2. The SMILES string of the molecule is C=C(Cc1ccc(F)cc1C(=O)N(CC=O)Cc1ccc(OC)cc1)OC.O. The minimum atomic E-state index is -0.527. The number of ether oxygens (including phenoxy) is 2. The van der Waals surface area contributed by atoms with Gasteiger partial charge in [0.15, 0.2) is 0 Å². The van der Waals surface area contributed by atoms with Gasteiger partial charge in [0.05, 0.1) is 26.5 Å². The second-order valence-electron chi connectivity index (χ2n) is 5.92. The van der Waals surface area contributed by atoms with Crippen LogP contribution in [0.3, 0.4) is 0 Å². The molecule has 150 valence electrons. The number of amides is 1. The first-order chi connectivity index (χ1) is 13.0. The summed E-state index contributed by atoms with van der Waals surface area (Å²) < 4.78 is 24.0. The molecule has 0 radical (unpaired) electrons. The molecule has 0 unspecified atom stereocenters. The van der Waals surface area contributed by atoms with Crippen molar-refractivity contribution in [1.29, 1.82) is 0 Å². The zero-order valence-electron chi connectivity index (χ0n) is 15.9. The van der Waals surface area contributed by atoms with E-state index >= 15 is 0 Å². The van der Waals surface area contributed by atoms with Gasteiger partial charge in [-0.05, 0) is 35.4 Å². The predicted molar refractivity (Wildman–Crippen MR) is 104 cm³/mol. The first kappa shape index (κ1) is 22.9. The Bertz CT molecular complexity index is 820. The minimum Gasteiger partial charge on any atom is -0.501 e. The summed E-state index contributed by atoms with van der Waals surface area (Å²) >= 11 is 0. The van der Waals surface area contributed by atoms with E-state index in [1.54, 1.807) is 19.2 Å². The van der Waals surface area contributed by atoms with Crippen LogP contribution < -0.4 is 4.74 Å². The lowest BCUT2D eigenvalue weighted by atomic mass is 10.0. The van der Waals surface area contributed by atoms with Crippen LogP contribution in [0.1, 0.15) is 21.5 Å². The number of benzene rings is 2. The average molecular weight is 389 g/mol. The molecule has 2 aromatic carbocycles. The van der Waals surface area contributed by atoms with E-state index in [1.165, 1.54) is 30.2 Å². The zero-order chi connectivity index (χ0) is 19.8. The summed E-state index contributed by atoms with van der Waals surface area (Å²) in [6, 6.07) is 11.1. The third-order valence-electron chi connectivity index (χ3n) is 4.09. The van der Waals surface area contributed by atoms with Crippen LogP contribution in [-0.4, -0.2) is 43.3 Å². The topological polar surface area (TPSA) is 87.3 Å². The van der Waals surface area contributed by atoms with E-state index < -0.39 is 11.7 Å². The van der Waals surface area contributed by atoms with Crippen LogP contribution in [0.15, 0.2) is 54.8 Å². The van der Waals surface area contributed by atoms with Crippen LogP contribution in [0.5, 0.6) is 5.75 Å². The van der Waals surface area contributed by atoms with E-state index in [4.69, 9.17) is 9.47 Å². The number of allylic oxidation sites excluding steroid dienone is 1. The smallest absolute Gasteiger partial charge is 0.254 e. The van der Waals surface area contributed by atoms with Crippen molar-refractivity contribution in [3.8, 4) is 5.75 Å². The lowest BCUT2D eigenvalue weighted by Gasteiger charge is -2.22. The lowest BCUT2D eigenvalue weighted by Crippen LogP contribution is -2.33. The molecule has 0 spiro atoms. The van der Waals surface area contributed by atoms with Gasteiger partial charge in [0.25, 0.3) is 5.91 Å². The summed E-state index contributed by atoms with van der Waals surface area (Å²) in [4.78, 5) is 25.5. The second kappa shape index (κ2) is 10.8. The predicted octanol–water partition coefficient (Wildman–Crippen LogP) is 2.55. The first-order valence-corrected chi connectivity index (χ1v) is 8.34. The Morgan fingerprint density at radius 1 is 1.18 bits per heavy atom. The van der Waals surface area contributed by atoms with E-state index in [0.717, 1.165) is 5.56 Å². The van der Waals surface area contributed by atoms with Crippen molar-refractivity contribution in [2.24, 2.45) is 0 Å². The maximum absolute atomic E-state index is 13.8. The Morgan fingerprint density at radius 2 is 1.86 bits per heavy atom. The molecule has 0 aliphatic rings. The Kier molecular flexibility index (Phi) is 8.84. The molecule has 0 saturated carbocycles. The van der Waals surface area contributed by atoms with Gasteiger partial charge in [0, 0.05) is 18.5 Å². The van der Waals surface area contributed by atoms with Crippen molar-refractivity contribution in [3.05, 3.63) is 77.3 Å². The summed E-state index contributed by atoms with van der Waals surface area (Å²) in [5.41, 5.74) is 1.59. The van der Waals surface area contributed by atoms with E-state index in [0.29, 0.717) is 23.4 Å². The third kappa shape index (κ3) is 5.92. The quantitative estimate of drug-likeness (QED) is 0.487. The van der Waals surface area contributed by atoms with Gasteiger partial charge in [-0.3, -0.25) is 4.79 Å². The van der Waals surface area contributed by atoms with Crippen molar-refractivity contribution < 1.29 is 28.9 Å². The van der Waals surface area contributed by atoms with Gasteiger partial charge in [-0.25, -0.2) is 4.39 Å². The molecule has 28 heavy (non-hydrogen) atoms. The van der Waals surface area contributed by atoms with E-state index in [1.807, 2.05) is 12.1 Å². The van der Waals surface area contributed by atoms with Crippen LogP contribution in [0.4, 0.5) is 4.39 Å². The highest BCUT2D eigenvalue weighted by molar-refractivity contribution is 5.96. The molecule has 0 aliphatic carbocycles. The number of carbonyl (C=O) groups is 2. The molecule has 6 nitrogen and oxygen atoms in total. The molecule has 0 bridgehead atoms. The highest BCUT2D eigenvalue weighted by Gasteiger charge is 2.20. The molecule has 0 atom stereocenters. The highest BCUT2D eigenvalue weighted by atomic mass is 19.1. The number of hydrogen-bond acceptors (Lipinski definition) is 4. The molecule has 2 aromatic rings. The monoisotopic (exact) mass is 389 g/mol. The fourth-order valence-corrected chi connectivity index (χ4v) is 2.62. The molecule has 0 fully saturated rings. The number of methoxy groups -OCH3 is 2. The molecular formula is C21H24FNO5. The maximum Gasteiger partial charge on any atom is 0.254 e. The number of halogens is 1. The van der Waals surface area contributed by atoms with Gasteiger partial charge in [-0.1, -0.05) is 24.8 Å². The summed E-state index contributed by atoms with van der Waals surface area (Å²) in [7, 11) is 3.05. The highest BCUT2D eigenvalue weighted by Crippen LogP contribution is 2.19. The Balaban J connectivity index is 0.00000392. The fourth-order valence-electron chi connectivity index (χ4n) is 2.62. The number of aldehydes is 1. The summed E-state index contributed by atoms with van der Waals surface area (Å²) in [5.74, 6) is 0.183. The second-order valence-corrected chi connectivity index (χ2v) is 5.92. The molecule has 2 N–H and O–H groups in total. The average Bonchev–Trinajstić information content (AvgIpc) is 2.68. The fraction of sp³-hybridized carbons (Fsp3) is 0.238. The molecule has 7 heteroatoms. The Morgan fingerprint density at radius 3 is 2.43 bits per heavy atom. The van der Waals surface area contributed by atoms with Gasteiger partial charge >= 0.3 is 0 Å². The number of hydrogen-bond donors (Lipinski definition) is 0. The molecule has 0 saturated heterocycles.